The Morgan fingerprint density at radius 3 is 2.73 bits per heavy atom. The Labute approximate surface area is 154 Å². The van der Waals surface area contributed by atoms with Gasteiger partial charge in [0.25, 0.3) is 0 Å². The zero-order chi connectivity index (χ0) is 17.9. The van der Waals surface area contributed by atoms with Crippen LogP contribution in [0.25, 0.3) is 11.4 Å². The number of aryl methyl sites for hydroxylation is 1. The van der Waals surface area contributed by atoms with Gasteiger partial charge in [0.1, 0.15) is 5.82 Å². The van der Waals surface area contributed by atoms with E-state index in [0.29, 0.717) is 12.6 Å². The van der Waals surface area contributed by atoms with Crippen LogP contribution in [0.3, 0.4) is 0 Å². The molecule has 2 saturated heterocycles. The number of hydrogen-bond donors (Lipinski definition) is 0. The van der Waals surface area contributed by atoms with E-state index in [1.54, 1.807) is 0 Å². The third-order valence-electron chi connectivity index (χ3n) is 5.36. The SMILES string of the molecule is Cc1cnc(-c2ccccc2)n1C1CCN(C(=O)CN2CCOCC2)C1. The second-order valence-electron chi connectivity index (χ2n) is 7.13. The maximum absolute atomic E-state index is 12.7. The van der Waals surface area contributed by atoms with Crippen LogP contribution in [-0.2, 0) is 9.53 Å². The first-order valence-corrected chi connectivity index (χ1v) is 9.39. The molecule has 26 heavy (non-hydrogen) atoms. The number of hydrogen-bond acceptors (Lipinski definition) is 4. The van der Waals surface area contributed by atoms with E-state index in [1.807, 2.05) is 29.3 Å². The van der Waals surface area contributed by atoms with E-state index in [4.69, 9.17) is 4.74 Å². The van der Waals surface area contributed by atoms with Crippen molar-refractivity contribution in [1.29, 1.82) is 0 Å². The van der Waals surface area contributed by atoms with Gasteiger partial charge < -0.3 is 14.2 Å². The largest absolute Gasteiger partial charge is 0.379 e. The number of rotatable bonds is 4. The smallest absolute Gasteiger partial charge is 0.236 e. The van der Waals surface area contributed by atoms with Gasteiger partial charge in [0, 0.05) is 43.6 Å². The molecule has 2 aliphatic heterocycles. The summed E-state index contributed by atoms with van der Waals surface area (Å²) < 4.78 is 7.67. The quantitative estimate of drug-likeness (QED) is 0.842. The number of amides is 1. The summed E-state index contributed by atoms with van der Waals surface area (Å²) in [7, 11) is 0. The third-order valence-corrected chi connectivity index (χ3v) is 5.36. The van der Waals surface area contributed by atoms with Gasteiger partial charge in [-0.25, -0.2) is 4.98 Å². The first-order chi connectivity index (χ1) is 12.7. The Hall–Kier alpha value is -2.18. The maximum Gasteiger partial charge on any atom is 0.236 e. The minimum atomic E-state index is 0.230. The fraction of sp³-hybridized carbons (Fsp3) is 0.500. The summed E-state index contributed by atoms with van der Waals surface area (Å²) in [4.78, 5) is 21.5. The molecule has 0 spiro atoms. The molecule has 2 aromatic rings. The van der Waals surface area contributed by atoms with Crippen LogP contribution in [0.5, 0.6) is 0 Å². The number of aromatic nitrogens is 2. The predicted octanol–water partition coefficient (Wildman–Crippen LogP) is 1.96. The van der Waals surface area contributed by atoms with Gasteiger partial charge in [0.05, 0.1) is 25.8 Å². The zero-order valence-electron chi connectivity index (χ0n) is 15.3. The predicted molar refractivity (Wildman–Crippen MR) is 99.9 cm³/mol. The number of imidazole rings is 1. The van der Waals surface area contributed by atoms with Crippen LogP contribution in [0.4, 0.5) is 0 Å². The van der Waals surface area contributed by atoms with Gasteiger partial charge >= 0.3 is 0 Å². The summed E-state index contributed by atoms with van der Waals surface area (Å²) in [5, 5.41) is 0. The van der Waals surface area contributed by atoms with Crippen LogP contribution in [0.1, 0.15) is 18.2 Å². The lowest BCUT2D eigenvalue weighted by Crippen LogP contribution is -2.44. The molecular formula is C20H26N4O2. The van der Waals surface area contributed by atoms with Gasteiger partial charge in [-0.05, 0) is 13.3 Å². The van der Waals surface area contributed by atoms with E-state index in [1.165, 1.54) is 0 Å². The molecule has 2 fully saturated rings. The number of carbonyl (C=O) groups is 1. The van der Waals surface area contributed by atoms with Crippen molar-refractivity contribution in [1.82, 2.24) is 19.4 Å². The van der Waals surface area contributed by atoms with Gasteiger partial charge in [0.15, 0.2) is 0 Å². The van der Waals surface area contributed by atoms with E-state index in [-0.39, 0.29) is 5.91 Å². The number of carbonyl (C=O) groups excluding carboxylic acids is 1. The summed E-state index contributed by atoms with van der Waals surface area (Å²) >= 11 is 0. The Bertz CT molecular complexity index is 752. The van der Waals surface area contributed by atoms with Crippen LogP contribution >= 0.6 is 0 Å². The second kappa shape index (κ2) is 7.60. The van der Waals surface area contributed by atoms with Gasteiger partial charge in [0.2, 0.25) is 5.91 Å². The monoisotopic (exact) mass is 354 g/mol. The maximum atomic E-state index is 12.7. The van der Waals surface area contributed by atoms with Crippen molar-refractivity contribution in [3.8, 4) is 11.4 Å². The fourth-order valence-corrected chi connectivity index (χ4v) is 3.94. The lowest BCUT2D eigenvalue weighted by atomic mass is 10.2. The van der Waals surface area contributed by atoms with E-state index >= 15 is 0 Å². The number of benzene rings is 1. The summed E-state index contributed by atoms with van der Waals surface area (Å²) in [5.74, 6) is 1.23. The van der Waals surface area contributed by atoms with Crippen LogP contribution in [0.2, 0.25) is 0 Å². The molecule has 0 N–H and O–H groups in total. The lowest BCUT2D eigenvalue weighted by molar-refractivity contribution is -0.132. The Morgan fingerprint density at radius 2 is 1.96 bits per heavy atom. The van der Waals surface area contributed by atoms with Gasteiger partial charge in [-0.2, -0.15) is 0 Å². The van der Waals surface area contributed by atoms with Crippen LogP contribution in [-0.4, -0.2) is 71.2 Å². The molecule has 1 amide bonds. The normalized spacial score (nSPS) is 21.3. The van der Waals surface area contributed by atoms with Crippen molar-refractivity contribution < 1.29 is 9.53 Å². The van der Waals surface area contributed by atoms with Crippen molar-refractivity contribution in [2.75, 3.05) is 45.9 Å². The number of nitrogens with zero attached hydrogens (tertiary/aromatic N) is 4. The third kappa shape index (κ3) is 3.52. The molecule has 1 aromatic carbocycles. The molecule has 3 heterocycles. The standard InChI is InChI=1S/C20H26N4O2/c1-16-13-21-20(17-5-3-2-4-6-17)24(16)18-7-8-23(14-18)19(25)15-22-9-11-26-12-10-22/h2-6,13,18H,7-12,14-15H2,1H3. The molecule has 1 aromatic heterocycles. The lowest BCUT2D eigenvalue weighted by Gasteiger charge is -2.28. The minimum Gasteiger partial charge on any atom is -0.379 e. The molecule has 138 valence electrons. The van der Waals surface area contributed by atoms with Gasteiger partial charge in [-0.1, -0.05) is 30.3 Å². The average molecular weight is 354 g/mol. The molecule has 0 bridgehead atoms. The molecule has 0 aliphatic carbocycles. The summed E-state index contributed by atoms with van der Waals surface area (Å²) in [6, 6.07) is 10.6. The highest BCUT2D eigenvalue weighted by atomic mass is 16.5. The highest BCUT2D eigenvalue weighted by Crippen LogP contribution is 2.29. The molecule has 0 radical (unpaired) electrons. The van der Waals surface area contributed by atoms with Crippen molar-refractivity contribution in [3.63, 3.8) is 0 Å². The molecule has 1 atom stereocenters. The van der Waals surface area contributed by atoms with Crippen LogP contribution in [0.15, 0.2) is 36.5 Å². The summed E-state index contributed by atoms with van der Waals surface area (Å²) in [6.45, 7) is 7.33. The average Bonchev–Trinajstić information content (AvgIpc) is 3.30. The number of morpholine rings is 1. The van der Waals surface area contributed by atoms with Crippen molar-refractivity contribution in [3.05, 3.63) is 42.2 Å². The number of likely N-dealkylation sites (tertiary alicyclic amines) is 1. The molecule has 1 unspecified atom stereocenters. The molecule has 0 saturated carbocycles. The molecule has 6 nitrogen and oxygen atoms in total. The first kappa shape index (κ1) is 17.2. The zero-order valence-corrected chi connectivity index (χ0v) is 15.3. The van der Waals surface area contributed by atoms with E-state index < -0.39 is 0 Å². The van der Waals surface area contributed by atoms with Crippen LogP contribution in [0, 0.1) is 6.92 Å². The summed E-state index contributed by atoms with van der Waals surface area (Å²) in [6.07, 6.45) is 2.91. The van der Waals surface area contributed by atoms with Crippen molar-refractivity contribution in [2.45, 2.75) is 19.4 Å². The highest BCUT2D eigenvalue weighted by Gasteiger charge is 2.30. The number of ether oxygens (including phenoxy) is 1. The van der Waals surface area contributed by atoms with Crippen molar-refractivity contribution >= 4 is 5.91 Å². The van der Waals surface area contributed by atoms with Gasteiger partial charge in [-0.15, -0.1) is 0 Å². The van der Waals surface area contributed by atoms with Crippen LogP contribution < -0.4 is 0 Å². The molecule has 2 aliphatic rings. The Balaban J connectivity index is 1.46. The summed E-state index contributed by atoms with van der Waals surface area (Å²) in [5.41, 5.74) is 2.27. The molecular weight excluding hydrogens is 328 g/mol. The Morgan fingerprint density at radius 1 is 1.19 bits per heavy atom. The molecule has 6 heteroatoms. The van der Waals surface area contributed by atoms with E-state index in [9.17, 15) is 4.79 Å². The minimum absolute atomic E-state index is 0.230. The van der Waals surface area contributed by atoms with Gasteiger partial charge in [-0.3, -0.25) is 9.69 Å². The van der Waals surface area contributed by atoms with E-state index in [0.717, 1.165) is 62.9 Å². The fourth-order valence-electron chi connectivity index (χ4n) is 3.94. The second-order valence-corrected chi connectivity index (χ2v) is 7.13. The highest BCUT2D eigenvalue weighted by molar-refractivity contribution is 5.78. The topological polar surface area (TPSA) is 50.6 Å². The molecule has 4 rings (SSSR count). The van der Waals surface area contributed by atoms with E-state index in [2.05, 4.69) is 33.5 Å². The first-order valence-electron chi connectivity index (χ1n) is 9.39. The van der Waals surface area contributed by atoms with Crippen molar-refractivity contribution in [2.24, 2.45) is 0 Å². The Kier molecular flexibility index (Phi) is 5.04.